The third-order valence-electron chi connectivity index (χ3n) is 2.10. The number of pyridine rings is 1. The van der Waals surface area contributed by atoms with E-state index in [1.54, 1.807) is 13.2 Å². The number of aromatic carboxylic acids is 1. The van der Waals surface area contributed by atoms with Crippen molar-refractivity contribution in [2.75, 3.05) is 7.11 Å². The molecule has 0 fully saturated rings. The molecule has 84 valence electrons. The van der Waals surface area contributed by atoms with Crippen LogP contribution in [0.1, 0.15) is 10.5 Å². The molecule has 6 nitrogen and oxygen atoms in total. The van der Waals surface area contributed by atoms with Crippen molar-refractivity contribution in [2.45, 2.75) is 0 Å². The van der Waals surface area contributed by atoms with Gasteiger partial charge in [0.05, 0.1) is 12.5 Å². The molecule has 2 rings (SSSR count). The predicted octanol–water partition coefficient (Wildman–Crippen LogP) is 1.33. The van der Waals surface area contributed by atoms with Crippen LogP contribution in [0.4, 0.5) is 0 Å². The minimum atomic E-state index is -1.19. The number of rotatable bonds is 2. The lowest BCUT2D eigenvalue weighted by atomic mass is 10.2. The van der Waals surface area contributed by atoms with Gasteiger partial charge in [0.25, 0.3) is 0 Å². The fraction of sp³-hybridized carbons (Fsp3) is 0.222. The molecular weight excluding hydrogens is 234 g/mol. The average Bonchev–Trinajstić information content (AvgIpc) is 2.60. The largest absolute Gasteiger partial charge is 0.493 e. The van der Waals surface area contributed by atoms with Crippen LogP contribution in [0.25, 0.3) is 10.9 Å². The minimum absolute atomic E-state index is 0.0498. The molecule has 0 bridgehead atoms. The number of hydrogen-bond donors (Lipinski definition) is 1. The topological polar surface area (TPSA) is 77.2 Å². The number of methoxy groups -OCH3 is 1. The van der Waals surface area contributed by atoms with Gasteiger partial charge in [0.15, 0.2) is 16.6 Å². The van der Waals surface area contributed by atoms with Gasteiger partial charge in [0.1, 0.15) is 5.52 Å². The highest BCUT2D eigenvalue weighted by molar-refractivity contribution is 6.34. The van der Waals surface area contributed by atoms with E-state index in [0.29, 0.717) is 10.9 Å². The summed E-state index contributed by atoms with van der Waals surface area (Å²) in [7, 11) is 3.08. The molecule has 0 amide bonds. The quantitative estimate of drug-likeness (QED) is 0.803. The lowest BCUT2D eigenvalue weighted by Crippen LogP contribution is -2.04. The molecule has 0 saturated heterocycles. The Balaban J connectivity index is 2.89. The number of carboxylic acid groups (broad SMARTS) is 1. The zero-order valence-electron chi connectivity index (χ0n) is 8.56. The summed E-state index contributed by atoms with van der Waals surface area (Å²) in [6.45, 7) is 0. The first-order valence-electron chi connectivity index (χ1n) is 4.34. The van der Waals surface area contributed by atoms with Gasteiger partial charge in [-0.1, -0.05) is 11.6 Å². The smallest absolute Gasteiger partial charge is 0.358 e. The highest BCUT2D eigenvalue weighted by atomic mass is 35.5. The van der Waals surface area contributed by atoms with E-state index in [1.165, 1.54) is 11.8 Å². The Kier molecular flexibility index (Phi) is 2.43. The molecule has 0 aromatic carbocycles. The van der Waals surface area contributed by atoms with Crippen molar-refractivity contribution in [3.8, 4) is 5.75 Å². The summed E-state index contributed by atoms with van der Waals surface area (Å²) in [5, 5.41) is 13.6. The molecule has 0 radical (unpaired) electrons. The number of carbonyl (C=O) groups is 1. The molecular formula is C9H8ClN3O3. The summed E-state index contributed by atoms with van der Waals surface area (Å²) >= 11 is 5.84. The van der Waals surface area contributed by atoms with Crippen LogP contribution in [0, 0.1) is 0 Å². The summed E-state index contributed by atoms with van der Waals surface area (Å²) in [6, 6.07) is 0. The first-order valence-corrected chi connectivity index (χ1v) is 4.72. The Morgan fingerprint density at radius 1 is 1.62 bits per heavy atom. The normalized spacial score (nSPS) is 10.7. The molecule has 1 N–H and O–H groups in total. The van der Waals surface area contributed by atoms with Crippen molar-refractivity contribution in [1.29, 1.82) is 0 Å². The Hall–Kier alpha value is -1.82. The molecule has 0 aliphatic rings. The molecule has 7 heteroatoms. The third-order valence-corrected chi connectivity index (χ3v) is 2.36. The second-order valence-electron chi connectivity index (χ2n) is 3.15. The van der Waals surface area contributed by atoms with Gasteiger partial charge in [0.2, 0.25) is 0 Å². The number of carboxylic acids is 1. The zero-order chi connectivity index (χ0) is 11.9. The van der Waals surface area contributed by atoms with Crippen LogP contribution in [0.5, 0.6) is 5.75 Å². The number of fused-ring (bicyclic) bond motifs is 1. The van der Waals surface area contributed by atoms with E-state index >= 15 is 0 Å². The van der Waals surface area contributed by atoms with Gasteiger partial charge >= 0.3 is 5.97 Å². The molecule has 0 aliphatic heterocycles. The van der Waals surface area contributed by atoms with Gasteiger partial charge in [-0.3, -0.25) is 4.68 Å². The maximum Gasteiger partial charge on any atom is 0.358 e. The minimum Gasteiger partial charge on any atom is -0.493 e. The van der Waals surface area contributed by atoms with Crippen LogP contribution in [-0.2, 0) is 7.05 Å². The fourth-order valence-corrected chi connectivity index (χ4v) is 1.71. The van der Waals surface area contributed by atoms with Crippen molar-refractivity contribution in [1.82, 2.24) is 14.8 Å². The van der Waals surface area contributed by atoms with Gasteiger partial charge in [-0.15, -0.1) is 0 Å². The summed E-state index contributed by atoms with van der Waals surface area (Å²) in [5.41, 5.74) is 0.207. The Labute approximate surface area is 95.4 Å². The zero-order valence-corrected chi connectivity index (χ0v) is 9.32. The van der Waals surface area contributed by atoms with Crippen LogP contribution < -0.4 is 4.74 Å². The standard InChI is InChI=1S/C9H8ClN3O3/c1-13-3-4-5(12-13)8(10)11-6(9(14)15)7(4)16-2/h3H,1-2H3,(H,14,15). The van der Waals surface area contributed by atoms with Gasteiger partial charge < -0.3 is 9.84 Å². The number of aryl methyl sites for hydroxylation is 1. The van der Waals surface area contributed by atoms with Crippen molar-refractivity contribution >= 4 is 28.5 Å². The molecule has 0 unspecified atom stereocenters. The summed E-state index contributed by atoms with van der Waals surface area (Å²) in [5.74, 6) is -1.02. The number of aromatic nitrogens is 3. The van der Waals surface area contributed by atoms with Crippen LogP contribution in [0.3, 0.4) is 0 Å². The summed E-state index contributed by atoms with van der Waals surface area (Å²) in [4.78, 5) is 14.7. The second kappa shape index (κ2) is 3.64. The first-order chi connectivity index (χ1) is 7.54. The van der Waals surface area contributed by atoms with Crippen LogP contribution in [-0.4, -0.2) is 33.0 Å². The van der Waals surface area contributed by atoms with Crippen molar-refractivity contribution in [2.24, 2.45) is 7.05 Å². The monoisotopic (exact) mass is 241 g/mol. The molecule has 2 aromatic rings. The van der Waals surface area contributed by atoms with E-state index in [2.05, 4.69) is 10.1 Å². The highest BCUT2D eigenvalue weighted by Crippen LogP contribution is 2.31. The van der Waals surface area contributed by atoms with Crippen molar-refractivity contribution in [3.05, 3.63) is 17.0 Å². The van der Waals surface area contributed by atoms with Crippen molar-refractivity contribution < 1.29 is 14.6 Å². The molecule has 0 spiro atoms. The van der Waals surface area contributed by atoms with Gasteiger partial charge in [0, 0.05) is 13.2 Å². The molecule has 16 heavy (non-hydrogen) atoms. The molecule has 0 saturated carbocycles. The Bertz CT molecular complexity index is 579. The number of nitrogens with zero attached hydrogens (tertiary/aromatic N) is 3. The highest BCUT2D eigenvalue weighted by Gasteiger charge is 2.20. The maximum absolute atomic E-state index is 11.0. The molecule has 2 aromatic heterocycles. The predicted molar refractivity (Wildman–Crippen MR) is 57.0 cm³/mol. The lowest BCUT2D eigenvalue weighted by Gasteiger charge is -2.05. The van der Waals surface area contributed by atoms with E-state index in [1.807, 2.05) is 0 Å². The summed E-state index contributed by atoms with van der Waals surface area (Å²) < 4.78 is 6.55. The number of halogens is 1. The molecule has 2 heterocycles. The lowest BCUT2D eigenvalue weighted by molar-refractivity contribution is 0.0687. The number of hydrogen-bond acceptors (Lipinski definition) is 4. The maximum atomic E-state index is 11.0. The van der Waals surface area contributed by atoms with Gasteiger partial charge in [-0.25, -0.2) is 9.78 Å². The Morgan fingerprint density at radius 2 is 2.31 bits per heavy atom. The summed E-state index contributed by atoms with van der Waals surface area (Å²) in [6.07, 6.45) is 1.63. The number of ether oxygens (including phenoxy) is 1. The molecule has 0 atom stereocenters. The van der Waals surface area contributed by atoms with Crippen LogP contribution in [0.15, 0.2) is 6.20 Å². The van der Waals surface area contributed by atoms with Crippen LogP contribution in [0.2, 0.25) is 5.15 Å². The van der Waals surface area contributed by atoms with E-state index in [0.717, 1.165) is 0 Å². The first kappa shape index (κ1) is 10.7. The van der Waals surface area contributed by atoms with E-state index in [-0.39, 0.29) is 16.6 Å². The second-order valence-corrected chi connectivity index (χ2v) is 3.51. The molecule has 0 aliphatic carbocycles. The third kappa shape index (κ3) is 1.47. The SMILES string of the molecule is COc1c(C(=O)O)nc(Cl)c2nn(C)cc12. The van der Waals surface area contributed by atoms with E-state index in [9.17, 15) is 4.79 Å². The van der Waals surface area contributed by atoms with Crippen molar-refractivity contribution in [3.63, 3.8) is 0 Å². The fourth-order valence-electron chi connectivity index (χ4n) is 1.49. The average molecular weight is 242 g/mol. The van der Waals surface area contributed by atoms with E-state index in [4.69, 9.17) is 21.4 Å². The van der Waals surface area contributed by atoms with Gasteiger partial charge in [-0.2, -0.15) is 5.10 Å². The van der Waals surface area contributed by atoms with Crippen LogP contribution >= 0.6 is 11.6 Å². The van der Waals surface area contributed by atoms with E-state index < -0.39 is 5.97 Å². The van der Waals surface area contributed by atoms with Gasteiger partial charge in [-0.05, 0) is 0 Å². The Morgan fingerprint density at radius 3 is 2.88 bits per heavy atom.